The Morgan fingerprint density at radius 2 is 1.12 bits per heavy atom. The second-order valence-corrected chi connectivity index (χ2v) is 8.79. The van der Waals surface area contributed by atoms with Crippen molar-refractivity contribution >= 4 is 11.6 Å². The van der Waals surface area contributed by atoms with Crippen LogP contribution in [0.25, 0.3) is 0 Å². The molecule has 34 heavy (non-hydrogen) atoms. The molecule has 0 radical (unpaired) electrons. The average molecular weight is 475 g/mol. The van der Waals surface area contributed by atoms with E-state index in [4.69, 9.17) is 9.47 Å². The number of Topliss-reactive ketones (excluding diaryl/α,β-unsaturated/α-hetero) is 2. The maximum Gasteiger partial charge on any atom is 0.173 e. The molecule has 2 aromatic rings. The number of carbonyl (C=O) groups excluding carboxylic acids is 2. The zero-order chi connectivity index (χ0) is 26.1. The summed E-state index contributed by atoms with van der Waals surface area (Å²) in [6.45, 7) is 9.96. The first-order valence-electron chi connectivity index (χ1n) is 11.2. The monoisotopic (exact) mass is 474 g/mol. The van der Waals surface area contributed by atoms with Gasteiger partial charge in [-0.15, -0.1) is 0 Å². The van der Waals surface area contributed by atoms with E-state index in [9.17, 15) is 30.0 Å². The van der Waals surface area contributed by atoms with Crippen molar-refractivity contribution in [3.63, 3.8) is 0 Å². The van der Waals surface area contributed by atoms with Gasteiger partial charge in [0.15, 0.2) is 11.6 Å². The summed E-state index contributed by atoms with van der Waals surface area (Å²) in [7, 11) is 2.66. The largest absolute Gasteiger partial charge is 0.507 e. The molecule has 0 aliphatic carbocycles. The maximum atomic E-state index is 13.1. The molecular weight excluding hydrogens is 440 g/mol. The molecule has 0 heterocycles. The van der Waals surface area contributed by atoms with Gasteiger partial charge in [0, 0.05) is 40.5 Å². The number of carbonyl (C=O) groups is 2. The van der Waals surface area contributed by atoms with Crippen LogP contribution in [0.2, 0.25) is 0 Å². The summed E-state index contributed by atoms with van der Waals surface area (Å²) in [5.41, 5.74) is 0.110. The van der Waals surface area contributed by atoms with Crippen molar-refractivity contribution in [2.75, 3.05) is 14.2 Å². The molecule has 0 saturated carbocycles. The highest BCUT2D eigenvalue weighted by Gasteiger charge is 2.32. The number of phenols is 4. The van der Waals surface area contributed by atoms with Gasteiger partial charge in [0.25, 0.3) is 0 Å². The van der Waals surface area contributed by atoms with Crippen LogP contribution in [-0.4, -0.2) is 46.2 Å². The second kappa shape index (κ2) is 10.2. The minimum atomic E-state index is -0.513. The summed E-state index contributed by atoms with van der Waals surface area (Å²) >= 11 is 0. The standard InChI is InChI=1S/C26H34O8/c1-9-12(4)20(28)18-24(32)16(22(30)14(6)26(18)34-8)10-15-21(29)13(5)25(33-7)17(23(15)31)19(27)11(2)3/h11-12,29-32H,9-10H2,1-8H3. The number of methoxy groups -OCH3 is 2. The van der Waals surface area contributed by atoms with Gasteiger partial charge >= 0.3 is 0 Å². The lowest BCUT2D eigenvalue weighted by molar-refractivity contribution is 0.0917. The van der Waals surface area contributed by atoms with Crippen molar-refractivity contribution in [2.24, 2.45) is 11.8 Å². The van der Waals surface area contributed by atoms with Gasteiger partial charge in [-0.1, -0.05) is 27.7 Å². The lowest BCUT2D eigenvalue weighted by atomic mass is 9.87. The third-order valence-electron chi connectivity index (χ3n) is 6.30. The molecule has 0 saturated heterocycles. The molecule has 0 amide bonds. The average Bonchev–Trinajstić information content (AvgIpc) is 2.81. The lowest BCUT2D eigenvalue weighted by Gasteiger charge is -2.22. The summed E-state index contributed by atoms with van der Waals surface area (Å²) in [6.07, 6.45) is 0.167. The van der Waals surface area contributed by atoms with Crippen LogP contribution < -0.4 is 9.47 Å². The highest BCUT2D eigenvalue weighted by atomic mass is 16.5. The number of hydrogen-bond acceptors (Lipinski definition) is 8. The first kappa shape index (κ1) is 26.8. The van der Waals surface area contributed by atoms with Crippen molar-refractivity contribution in [3.8, 4) is 34.5 Å². The Hall–Kier alpha value is -3.42. The number of ether oxygens (including phenoxy) is 2. The molecule has 0 spiro atoms. The van der Waals surface area contributed by atoms with Gasteiger partial charge in [0.2, 0.25) is 0 Å². The van der Waals surface area contributed by atoms with E-state index < -0.39 is 29.1 Å². The van der Waals surface area contributed by atoms with Gasteiger partial charge in [-0.05, 0) is 20.3 Å². The molecule has 0 aromatic heterocycles. The molecule has 1 unspecified atom stereocenters. The van der Waals surface area contributed by atoms with Gasteiger partial charge in [-0.3, -0.25) is 9.59 Å². The second-order valence-electron chi connectivity index (χ2n) is 8.79. The maximum absolute atomic E-state index is 13.1. The summed E-state index contributed by atoms with van der Waals surface area (Å²) in [6, 6.07) is 0. The van der Waals surface area contributed by atoms with E-state index in [0.29, 0.717) is 6.42 Å². The van der Waals surface area contributed by atoms with Gasteiger partial charge in [-0.25, -0.2) is 0 Å². The number of benzene rings is 2. The predicted molar refractivity (Wildman–Crippen MR) is 128 cm³/mol. The molecule has 0 aliphatic heterocycles. The van der Waals surface area contributed by atoms with Gasteiger partial charge < -0.3 is 29.9 Å². The van der Waals surface area contributed by atoms with E-state index in [2.05, 4.69) is 0 Å². The Morgan fingerprint density at radius 3 is 1.44 bits per heavy atom. The summed E-state index contributed by atoms with van der Waals surface area (Å²) in [5, 5.41) is 43.8. The van der Waals surface area contributed by atoms with Crippen molar-refractivity contribution in [2.45, 2.75) is 54.4 Å². The third kappa shape index (κ3) is 4.36. The van der Waals surface area contributed by atoms with Gasteiger partial charge in [-0.2, -0.15) is 0 Å². The van der Waals surface area contributed by atoms with Crippen molar-refractivity contribution in [3.05, 3.63) is 33.4 Å². The van der Waals surface area contributed by atoms with Gasteiger partial charge in [0.05, 0.1) is 14.2 Å². The molecule has 8 nitrogen and oxygen atoms in total. The van der Waals surface area contributed by atoms with Crippen molar-refractivity contribution in [1.29, 1.82) is 0 Å². The van der Waals surface area contributed by atoms with Crippen LogP contribution >= 0.6 is 0 Å². The van der Waals surface area contributed by atoms with Crippen LogP contribution in [-0.2, 0) is 6.42 Å². The zero-order valence-electron chi connectivity index (χ0n) is 21.0. The number of hydrogen-bond donors (Lipinski definition) is 4. The van der Waals surface area contributed by atoms with E-state index in [1.54, 1.807) is 20.8 Å². The van der Waals surface area contributed by atoms with Crippen LogP contribution in [0, 0.1) is 25.7 Å². The SMILES string of the molecule is CCC(C)C(=O)c1c(O)c(Cc2c(O)c(C)c(OC)c(C(=O)C(C)C)c2O)c(O)c(C)c1OC. The molecule has 4 N–H and O–H groups in total. The first-order chi connectivity index (χ1) is 15.8. The van der Waals surface area contributed by atoms with E-state index in [0.717, 1.165) is 0 Å². The third-order valence-corrected chi connectivity index (χ3v) is 6.30. The van der Waals surface area contributed by atoms with E-state index in [1.165, 1.54) is 28.1 Å². The number of rotatable bonds is 9. The Morgan fingerprint density at radius 1 is 0.735 bits per heavy atom. The summed E-state index contributed by atoms with van der Waals surface area (Å²) < 4.78 is 10.6. The normalized spacial score (nSPS) is 12.0. The number of aromatic hydroxyl groups is 4. The number of phenolic OH excluding ortho intramolecular Hbond substituents is 4. The van der Waals surface area contributed by atoms with Crippen molar-refractivity contribution in [1.82, 2.24) is 0 Å². The molecule has 0 aliphatic rings. The molecular formula is C26H34O8. The van der Waals surface area contributed by atoms with Gasteiger partial charge in [0.1, 0.15) is 45.6 Å². The fraction of sp³-hybridized carbons (Fsp3) is 0.462. The van der Waals surface area contributed by atoms with E-state index in [-0.39, 0.29) is 68.6 Å². The minimum absolute atomic E-state index is 0.0458. The molecule has 8 heteroatoms. The molecule has 0 fully saturated rings. The quantitative estimate of drug-likeness (QED) is 0.381. The molecule has 1 atom stereocenters. The molecule has 2 aromatic carbocycles. The predicted octanol–water partition coefficient (Wildman–Crippen LogP) is 4.80. The Bertz CT molecular complexity index is 1130. The van der Waals surface area contributed by atoms with Crippen molar-refractivity contribution < 1.29 is 39.5 Å². The zero-order valence-corrected chi connectivity index (χ0v) is 21.0. The summed E-state index contributed by atoms with van der Waals surface area (Å²) in [5.74, 6) is -3.27. The first-order valence-corrected chi connectivity index (χ1v) is 11.2. The fourth-order valence-electron chi connectivity index (χ4n) is 3.98. The van der Waals surface area contributed by atoms with E-state index in [1.807, 2.05) is 6.92 Å². The van der Waals surface area contributed by atoms with Crippen LogP contribution in [0.1, 0.15) is 77.1 Å². The molecule has 2 rings (SSSR count). The van der Waals surface area contributed by atoms with Crippen LogP contribution in [0.5, 0.6) is 34.5 Å². The number of ketones is 2. The highest BCUT2D eigenvalue weighted by Crippen LogP contribution is 2.48. The highest BCUT2D eigenvalue weighted by molar-refractivity contribution is 6.05. The summed E-state index contributed by atoms with van der Waals surface area (Å²) in [4.78, 5) is 25.9. The Kier molecular flexibility index (Phi) is 8.08. The molecule has 0 bridgehead atoms. The van der Waals surface area contributed by atoms with Crippen LogP contribution in [0.15, 0.2) is 0 Å². The topological polar surface area (TPSA) is 134 Å². The van der Waals surface area contributed by atoms with Crippen LogP contribution in [0.3, 0.4) is 0 Å². The Labute approximate surface area is 199 Å². The molecule has 186 valence electrons. The van der Waals surface area contributed by atoms with E-state index >= 15 is 0 Å². The smallest absolute Gasteiger partial charge is 0.173 e. The lowest BCUT2D eigenvalue weighted by Crippen LogP contribution is -2.14. The van der Waals surface area contributed by atoms with Crippen LogP contribution in [0.4, 0.5) is 0 Å². The fourth-order valence-corrected chi connectivity index (χ4v) is 3.98. The minimum Gasteiger partial charge on any atom is -0.507 e. The Balaban J connectivity index is 2.88.